The van der Waals surface area contributed by atoms with Crippen LogP contribution in [0.5, 0.6) is 0 Å². The van der Waals surface area contributed by atoms with Gasteiger partial charge in [-0.2, -0.15) is 18.4 Å². The summed E-state index contributed by atoms with van der Waals surface area (Å²) < 4.78 is 45.9. The molecular formula is C21H19F3N4O. The maximum absolute atomic E-state index is 13.4. The Bertz CT molecular complexity index is 1120. The molecule has 0 saturated carbocycles. The van der Waals surface area contributed by atoms with Gasteiger partial charge in [0.25, 0.3) is 0 Å². The molecule has 150 valence electrons. The minimum atomic E-state index is -4.33. The first-order chi connectivity index (χ1) is 13.9. The van der Waals surface area contributed by atoms with Crippen molar-refractivity contribution < 1.29 is 17.6 Å². The number of fused-ring (bicyclic) bond motifs is 1. The van der Waals surface area contributed by atoms with Gasteiger partial charge in [0.1, 0.15) is 5.58 Å². The van der Waals surface area contributed by atoms with Gasteiger partial charge in [0.2, 0.25) is 5.82 Å². The molecule has 0 bridgehead atoms. The molecule has 2 heterocycles. The first kappa shape index (κ1) is 19.2. The molecule has 0 aliphatic heterocycles. The van der Waals surface area contributed by atoms with Crippen molar-refractivity contribution in [2.45, 2.75) is 38.8 Å². The minimum absolute atomic E-state index is 0.356. The fourth-order valence-electron chi connectivity index (χ4n) is 3.43. The van der Waals surface area contributed by atoms with Gasteiger partial charge >= 0.3 is 6.18 Å². The Hall–Kier alpha value is -3.16. The van der Waals surface area contributed by atoms with E-state index in [0.717, 1.165) is 10.9 Å². The molecule has 2 aromatic heterocycles. The number of alkyl halides is 3. The first-order valence-corrected chi connectivity index (χ1v) is 9.39. The fraction of sp³-hybridized carbons (Fsp3) is 0.286. The number of aromatic nitrogens is 4. The molecule has 0 aliphatic rings. The predicted molar refractivity (Wildman–Crippen MR) is 102 cm³/mol. The molecule has 5 nitrogen and oxygen atoms in total. The molecule has 1 N–H and O–H groups in total. The molecular weight excluding hydrogens is 381 g/mol. The van der Waals surface area contributed by atoms with Crippen molar-refractivity contribution in [3.05, 3.63) is 64.7 Å². The highest BCUT2D eigenvalue weighted by Gasteiger charge is 2.33. The summed E-state index contributed by atoms with van der Waals surface area (Å²) in [7, 11) is 0. The topological polar surface area (TPSA) is 67.6 Å². The number of aryl methyl sites for hydroxylation is 3. The highest BCUT2D eigenvalue weighted by molar-refractivity contribution is 5.82. The van der Waals surface area contributed by atoms with Crippen molar-refractivity contribution in [1.29, 1.82) is 0 Å². The average molecular weight is 400 g/mol. The number of rotatable bonds is 6. The van der Waals surface area contributed by atoms with E-state index in [0.29, 0.717) is 54.0 Å². The van der Waals surface area contributed by atoms with Crippen molar-refractivity contribution in [1.82, 2.24) is 20.6 Å². The van der Waals surface area contributed by atoms with Gasteiger partial charge in [0.05, 0.1) is 5.56 Å². The molecule has 0 unspecified atom stereocenters. The third kappa shape index (κ3) is 4.16. The molecule has 0 amide bonds. The second-order valence-corrected chi connectivity index (χ2v) is 6.96. The van der Waals surface area contributed by atoms with Gasteiger partial charge in [0.15, 0.2) is 5.76 Å². The highest BCUT2D eigenvalue weighted by atomic mass is 19.4. The summed E-state index contributed by atoms with van der Waals surface area (Å²) in [6, 6.07) is 12.3. The lowest BCUT2D eigenvalue weighted by Crippen LogP contribution is -2.10. The number of aromatic amines is 1. The van der Waals surface area contributed by atoms with E-state index < -0.39 is 11.7 Å². The normalized spacial score (nSPS) is 12.0. The monoisotopic (exact) mass is 400 g/mol. The summed E-state index contributed by atoms with van der Waals surface area (Å²) in [5.41, 5.74) is 2.16. The zero-order valence-electron chi connectivity index (χ0n) is 15.8. The third-order valence-electron chi connectivity index (χ3n) is 4.85. The van der Waals surface area contributed by atoms with E-state index in [1.807, 2.05) is 31.2 Å². The predicted octanol–water partition coefficient (Wildman–Crippen LogP) is 5.37. The second kappa shape index (κ2) is 7.69. The summed E-state index contributed by atoms with van der Waals surface area (Å²) in [6.45, 7) is 1.88. The Morgan fingerprint density at radius 2 is 1.72 bits per heavy atom. The Morgan fingerprint density at radius 1 is 0.966 bits per heavy atom. The number of hydrogen-bond donors (Lipinski definition) is 1. The SMILES string of the molecule is CCCc1ccc(CCc2ccc3cc(-c4nn[nH]n4)oc3c2)cc1C(F)(F)F. The van der Waals surface area contributed by atoms with E-state index in [9.17, 15) is 13.2 Å². The Labute approximate surface area is 164 Å². The first-order valence-electron chi connectivity index (χ1n) is 9.39. The maximum Gasteiger partial charge on any atom is 0.416 e. The van der Waals surface area contributed by atoms with Crippen LogP contribution in [-0.2, 0) is 25.4 Å². The highest BCUT2D eigenvalue weighted by Crippen LogP contribution is 2.34. The average Bonchev–Trinajstić information content (AvgIpc) is 3.35. The molecule has 8 heteroatoms. The van der Waals surface area contributed by atoms with Gasteiger partial charge in [0, 0.05) is 5.39 Å². The van der Waals surface area contributed by atoms with Gasteiger partial charge in [-0.15, -0.1) is 10.2 Å². The van der Waals surface area contributed by atoms with Crippen molar-refractivity contribution in [2.75, 3.05) is 0 Å². The molecule has 0 saturated heterocycles. The molecule has 4 aromatic rings. The summed E-state index contributed by atoms with van der Waals surface area (Å²) in [5, 5.41) is 14.6. The van der Waals surface area contributed by atoms with Gasteiger partial charge < -0.3 is 4.42 Å². The van der Waals surface area contributed by atoms with Crippen LogP contribution in [0.1, 0.15) is 35.6 Å². The standard InChI is InChI=1S/C21H19F3N4O/c1-2-3-15-8-6-13(10-17(15)21(22,23)24)4-5-14-7-9-16-12-19(29-18(16)11-14)20-25-27-28-26-20/h6-12H,2-5H2,1H3,(H,25,26,27,28). The van der Waals surface area contributed by atoms with Crippen LogP contribution in [0.3, 0.4) is 0 Å². The van der Waals surface area contributed by atoms with Crippen molar-refractivity contribution in [3.8, 4) is 11.6 Å². The number of nitrogens with zero attached hydrogens (tertiary/aromatic N) is 3. The molecule has 0 spiro atoms. The largest absolute Gasteiger partial charge is 0.453 e. The van der Waals surface area contributed by atoms with Crippen LogP contribution in [0.4, 0.5) is 13.2 Å². The van der Waals surface area contributed by atoms with E-state index >= 15 is 0 Å². The third-order valence-corrected chi connectivity index (χ3v) is 4.85. The summed E-state index contributed by atoms with van der Waals surface area (Å²) in [5.74, 6) is 0.877. The van der Waals surface area contributed by atoms with Crippen molar-refractivity contribution in [2.24, 2.45) is 0 Å². The molecule has 29 heavy (non-hydrogen) atoms. The molecule has 0 fully saturated rings. The number of H-pyrrole nitrogens is 1. The quantitative estimate of drug-likeness (QED) is 0.473. The number of hydrogen-bond acceptors (Lipinski definition) is 4. The fourth-order valence-corrected chi connectivity index (χ4v) is 3.43. The summed E-state index contributed by atoms with van der Waals surface area (Å²) >= 11 is 0. The zero-order valence-corrected chi connectivity index (χ0v) is 15.8. The van der Waals surface area contributed by atoms with Crippen molar-refractivity contribution in [3.63, 3.8) is 0 Å². The van der Waals surface area contributed by atoms with E-state index in [1.54, 1.807) is 12.1 Å². The molecule has 2 aromatic carbocycles. The zero-order chi connectivity index (χ0) is 20.4. The minimum Gasteiger partial charge on any atom is -0.453 e. The van der Waals surface area contributed by atoms with Crippen LogP contribution in [-0.4, -0.2) is 20.6 Å². The van der Waals surface area contributed by atoms with Crippen LogP contribution in [0, 0.1) is 0 Å². The van der Waals surface area contributed by atoms with E-state index in [1.165, 1.54) is 6.07 Å². The molecule has 0 atom stereocenters. The number of benzene rings is 2. The maximum atomic E-state index is 13.4. The summed E-state index contributed by atoms with van der Waals surface area (Å²) in [4.78, 5) is 0. The van der Waals surface area contributed by atoms with Gasteiger partial charge in [-0.05, 0) is 59.4 Å². The van der Waals surface area contributed by atoms with Crippen molar-refractivity contribution >= 4 is 11.0 Å². The Kier molecular flexibility index (Phi) is 5.08. The number of furan rings is 1. The number of nitrogens with one attached hydrogen (secondary N) is 1. The lowest BCUT2D eigenvalue weighted by atomic mass is 9.96. The van der Waals surface area contributed by atoms with Crippen LogP contribution < -0.4 is 0 Å². The molecule has 0 radical (unpaired) electrons. The number of halogens is 3. The van der Waals surface area contributed by atoms with Gasteiger partial charge in [-0.25, -0.2) is 0 Å². The Morgan fingerprint density at radius 3 is 2.41 bits per heavy atom. The lowest BCUT2D eigenvalue weighted by molar-refractivity contribution is -0.138. The van der Waals surface area contributed by atoms with Crippen LogP contribution in [0.25, 0.3) is 22.6 Å². The molecule has 0 aliphatic carbocycles. The summed E-state index contributed by atoms with van der Waals surface area (Å²) in [6.07, 6.45) is -2.11. The van der Waals surface area contributed by atoms with Crippen LogP contribution >= 0.6 is 0 Å². The van der Waals surface area contributed by atoms with Gasteiger partial charge in [-0.3, -0.25) is 0 Å². The van der Waals surface area contributed by atoms with E-state index in [-0.39, 0.29) is 0 Å². The number of tetrazole rings is 1. The van der Waals surface area contributed by atoms with Crippen LogP contribution in [0.15, 0.2) is 46.9 Å². The van der Waals surface area contributed by atoms with E-state index in [4.69, 9.17) is 4.42 Å². The van der Waals surface area contributed by atoms with Gasteiger partial charge in [-0.1, -0.05) is 37.6 Å². The Balaban J connectivity index is 1.53. The lowest BCUT2D eigenvalue weighted by Gasteiger charge is -2.14. The second-order valence-electron chi connectivity index (χ2n) is 6.96. The smallest absolute Gasteiger partial charge is 0.416 e. The van der Waals surface area contributed by atoms with E-state index in [2.05, 4.69) is 20.6 Å². The molecule has 4 rings (SSSR count). The van der Waals surface area contributed by atoms with Crippen LogP contribution in [0.2, 0.25) is 0 Å².